The third-order valence-electron chi connectivity index (χ3n) is 8.04. The van der Waals surface area contributed by atoms with Crippen LogP contribution < -0.4 is 16.0 Å². The number of morpholine rings is 1. The molecule has 0 unspecified atom stereocenters. The van der Waals surface area contributed by atoms with Crippen LogP contribution >= 0.6 is 0 Å². The molecule has 0 bridgehead atoms. The summed E-state index contributed by atoms with van der Waals surface area (Å²) >= 11 is 0. The summed E-state index contributed by atoms with van der Waals surface area (Å²) in [6, 6.07) is 20.4. The van der Waals surface area contributed by atoms with Crippen molar-refractivity contribution >= 4 is 40.3 Å². The van der Waals surface area contributed by atoms with Crippen LogP contribution in [0.15, 0.2) is 98.1 Å². The van der Waals surface area contributed by atoms with E-state index in [9.17, 15) is 9.59 Å². The number of benzene rings is 3. The van der Waals surface area contributed by atoms with Gasteiger partial charge in [0.1, 0.15) is 0 Å². The van der Waals surface area contributed by atoms with E-state index in [-0.39, 0.29) is 17.2 Å². The molecule has 6 rings (SSSR count). The highest BCUT2D eigenvalue weighted by molar-refractivity contribution is 6.10. The van der Waals surface area contributed by atoms with Gasteiger partial charge in [-0.15, -0.1) is 0 Å². The Bertz CT molecular complexity index is 1920. The Labute approximate surface area is 268 Å². The molecule has 2 amide bonds. The third kappa shape index (κ3) is 6.20. The predicted molar refractivity (Wildman–Crippen MR) is 181 cm³/mol. The van der Waals surface area contributed by atoms with Crippen LogP contribution in [0.4, 0.5) is 22.9 Å². The van der Waals surface area contributed by atoms with Gasteiger partial charge in [0, 0.05) is 66.1 Å². The number of hydrogen-bond acceptors (Lipinski definition) is 7. The standard InChI is InChI=1S/C36H37N7O3/c1-5-43(35(45)29-14-11-26(22-30(29)37)36(2,3)4)28-8-6-7-25(21-28)31-23-42-16-15-38-33(42)32(40-31)39-27-12-9-24(10-13-27)34(44)41-17-19-46-20-18-41/h5-16,21-23H,1,17-20,37H2,2-4H3,(H,39,40). The molecular weight excluding hydrogens is 578 g/mol. The summed E-state index contributed by atoms with van der Waals surface area (Å²) in [5.41, 5.74) is 12.2. The normalized spacial score (nSPS) is 13.4. The van der Waals surface area contributed by atoms with E-state index in [4.69, 9.17) is 15.5 Å². The minimum Gasteiger partial charge on any atom is -0.398 e. The maximum atomic E-state index is 13.7. The van der Waals surface area contributed by atoms with Gasteiger partial charge in [0.25, 0.3) is 11.8 Å². The fraction of sp³-hybridized carbons (Fsp3) is 0.222. The number of fused-ring (bicyclic) bond motifs is 1. The zero-order valence-electron chi connectivity index (χ0n) is 26.2. The van der Waals surface area contributed by atoms with Crippen molar-refractivity contribution < 1.29 is 14.3 Å². The number of hydrogen-bond donors (Lipinski definition) is 2. The molecule has 234 valence electrons. The van der Waals surface area contributed by atoms with E-state index in [1.807, 2.05) is 65.3 Å². The molecule has 5 aromatic rings. The molecule has 0 spiro atoms. The second-order valence-electron chi connectivity index (χ2n) is 12.2. The number of aromatic nitrogens is 3. The number of anilines is 4. The van der Waals surface area contributed by atoms with Gasteiger partial charge in [-0.2, -0.15) is 0 Å². The molecule has 3 heterocycles. The minimum absolute atomic E-state index is 0.0119. The largest absolute Gasteiger partial charge is 0.398 e. The topological polar surface area (TPSA) is 118 Å². The number of ether oxygens (including phenoxy) is 1. The van der Waals surface area contributed by atoms with Gasteiger partial charge in [-0.05, 0) is 59.5 Å². The number of carbonyl (C=O) groups is 2. The van der Waals surface area contributed by atoms with Gasteiger partial charge in [-0.25, -0.2) is 9.97 Å². The van der Waals surface area contributed by atoms with Crippen molar-refractivity contribution in [1.82, 2.24) is 19.3 Å². The molecule has 3 N–H and O–H groups in total. The molecule has 1 fully saturated rings. The first-order valence-electron chi connectivity index (χ1n) is 15.2. The van der Waals surface area contributed by atoms with Gasteiger partial charge < -0.3 is 25.1 Å². The lowest BCUT2D eigenvalue weighted by molar-refractivity contribution is 0.0303. The number of rotatable bonds is 7. The smallest absolute Gasteiger partial charge is 0.264 e. The van der Waals surface area contributed by atoms with Crippen molar-refractivity contribution in [2.75, 3.05) is 42.3 Å². The number of nitrogen functional groups attached to an aromatic ring is 1. The quantitative estimate of drug-likeness (QED) is 0.207. The van der Waals surface area contributed by atoms with Gasteiger partial charge >= 0.3 is 0 Å². The van der Waals surface area contributed by atoms with E-state index < -0.39 is 0 Å². The second-order valence-corrected chi connectivity index (χ2v) is 12.2. The first-order chi connectivity index (χ1) is 22.1. The monoisotopic (exact) mass is 615 g/mol. The van der Waals surface area contributed by atoms with Crippen LogP contribution in [0.5, 0.6) is 0 Å². The van der Waals surface area contributed by atoms with Gasteiger partial charge in [-0.1, -0.05) is 45.5 Å². The molecule has 46 heavy (non-hydrogen) atoms. The highest BCUT2D eigenvalue weighted by atomic mass is 16.5. The molecule has 0 saturated carbocycles. The van der Waals surface area contributed by atoms with Crippen LogP contribution in [0.1, 0.15) is 47.1 Å². The van der Waals surface area contributed by atoms with E-state index in [1.54, 1.807) is 29.3 Å². The summed E-state index contributed by atoms with van der Waals surface area (Å²) in [7, 11) is 0. The summed E-state index contributed by atoms with van der Waals surface area (Å²) in [5.74, 6) is 0.256. The van der Waals surface area contributed by atoms with Crippen LogP contribution in [0.2, 0.25) is 0 Å². The average Bonchev–Trinajstić information content (AvgIpc) is 3.54. The maximum Gasteiger partial charge on any atom is 0.264 e. The number of nitrogens with one attached hydrogen (secondary N) is 1. The molecular formula is C36H37N7O3. The van der Waals surface area contributed by atoms with E-state index in [0.29, 0.717) is 66.0 Å². The number of nitrogens with two attached hydrogens (primary N) is 1. The summed E-state index contributed by atoms with van der Waals surface area (Å²) in [4.78, 5) is 39.2. The third-order valence-corrected chi connectivity index (χ3v) is 8.04. The summed E-state index contributed by atoms with van der Waals surface area (Å²) in [6.07, 6.45) is 6.94. The first-order valence-corrected chi connectivity index (χ1v) is 15.2. The molecule has 10 heteroatoms. The second kappa shape index (κ2) is 12.5. The molecule has 2 aromatic heterocycles. The fourth-order valence-electron chi connectivity index (χ4n) is 5.41. The van der Waals surface area contributed by atoms with Crippen LogP contribution in [-0.2, 0) is 10.2 Å². The fourth-order valence-corrected chi connectivity index (χ4v) is 5.41. The Hall–Kier alpha value is -5.48. The summed E-state index contributed by atoms with van der Waals surface area (Å²) in [6.45, 7) is 12.5. The van der Waals surface area contributed by atoms with Crippen LogP contribution in [0.3, 0.4) is 0 Å². The summed E-state index contributed by atoms with van der Waals surface area (Å²) < 4.78 is 7.26. The van der Waals surface area contributed by atoms with Gasteiger partial charge in [0.15, 0.2) is 11.5 Å². The van der Waals surface area contributed by atoms with Crippen molar-refractivity contribution in [1.29, 1.82) is 0 Å². The van der Waals surface area contributed by atoms with E-state index in [2.05, 4.69) is 37.7 Å². The molecule has 1 aliphatic rings. The average molecular weight is 616 g/mol. The minimum atomic E-state index is -0.277. The highest BCUT2D eigenvalue weighted by Gasteiger charge is 2.22. The predicted octanol–water partition coefficient (Wildman–Crippen LogP) is 6.28. The Balaban J connectivity index is 1.27. The van der Waals surface area contributed by atoms with Crippen molar-refractivity contribution in [3.63, 3.8) is 0 Å². The lowest BCUT2D eigenvalue weighted by atomic mass is 9.86. The highest BCUT2D eigenvalue weighted by Crippen LogP contribution is 2.31. The molecule has 1 aliphatic heterocycles. The Kier molecular flexibility index (Phi) is 8.29. The van der Waals surface area contributed by atoms with Crippen molar-refractivity contribution in [3.05, 3.63) is 115 Å². The van der Waals surface area contributed by atoms with Crippen molar-refractivity contribution in [2.24, 2.45) is 0 Å². The molecule has 10 nitrogen and oxygen atoms in total. The number of carbonyl (C=O) groups excluding carboxylic acids is 2. The molecule has 0 aliphatic carbocycles. The number of amides is 2. The lowest BCUT2D eigenvalue weighted by Crippen LogP contribution is -2.40. The van der Waals surface area contributed by atoms with Crippen LogP contribution in [0.25, 0.3) is 16.9 Å². The molecule has 3 aromatic carbocycles. The maximum absolute atomic E-state index is 13.7. The first kappa shape index (κ1) is 30.5. The van der Waals surface area contributed by atoms with Gasteiger partial charge in [0.2, 0.25) is 0 Å². The molecule has 0 atom stereocenters. The lowest BCUT2D eigenvalue weighted by Gasteiger charge is -2.26. The molecule has 0 radical (unpaired) electrons. The Morgan fingerprint density at radius 1 is 1.04 bits per heavy atom. The van der Waals surface area contributed by atoms with Crippen molar-refractivity contribution in [2.45, 2.75) is 26.2 Å². The van der Waals surface area contributed by atoms with Crippen molar-refractivity contribution in [3.8, 4) is 11.3 Å². The number of nitrogens with zero attached hydrogens (tertiary/aromatic N) is 5. The van der Waals surface area contributed by atoms with E-state index in [0.717, 1.165) is 16.8 Å². The van der Waals surface area contributed by atoms with Crippen LogP contribution in [-0.4, -0.2) is 57.4 Å². The zero-order valence-corrected chi connectivity index (χ0v) is 26.2. The molecule has 1 saturated heterocycles. The number of imidazole rings is 1. The van der Waals surface area contributed by atoms with Crippen LogP contribution in [0, 0.1) is 0 Å². The summed E-state index contributed by atoms with van der Waals surface area (Å²) in [5, 5.41) is 3.36. The van der Waals surface area contributed by atoms with Gasteiger partial charge in [-0.3, -0.25) is 14.5 Å². The Morgan fingerprint density at radius 3 is 2.50 bits per heavy atom. The van der Waals surface area contributed by atoms with E-state index in [1.165, 1.54) is 11.1 Å². The van der Waals surface area contributed by atoms with Gasteiger partial charge in [0.05, 0.1) is 24.5 Å². The SMILES string of the molecule is C=CN(C(=O)c1ccc(C(C)(C)C)cc1N)c1cccc(-c2cn3ccnc3c(Nc3ccc(C(=O)N4CCOCC4)cc3)n2)c1. The zero-order chi connectivity index (χ0) is 32.4. The Morgan fingerprint density at radius 2 is 1.80 bits per heavy atom. The van der Waals surface area contributed by atoms with E-state index >= 15 is 0 Å².